The van der Waals surface area contributed by atoms with Crippen molar-refractivity contribution in [3.63, 3.8) is 0 Å². The molecule has 0 aromatic heterocycles. The lowest BCUT2D eigenvalue weighted by Gasteiger charge is -2.09. The first-order valence-electron chi connectivity index (χ1n) is 8.13. The van der Waals surface area contributed by atoms with Crippen molar-refractivity contribution in [1.82, 2.24) is 0 Å². The molecular weight excluding hydrogens is 320 g/mol. The quantitative estimate of drug-likeness (QED) is 0.544. The average molecular weight is 342 g/mol. The highest BCUT2D eigenvalue weighted by Crippen LogP contribution is 2.09. The summed E-state index contributed by atoms with van der Waals surface area (Å²) in [6, 6.07) is 14.5. The highest BCUT2D eigenvalue weighted by Gasteiger charge is 2.10. The Labute approximate surface area is 147 Å². The number of hydrogen-bond acceptors (Lipinski definition) is 5. The van der Waals surface area contributed by atoms with Gasteiger partial charge in [0.1, 0.15) is 13.2 Å². The van der Waals surface area contributed by atoms with Crippen LogP contribution in [0.15, 0.2) is 48.5 Å². The zero-order chi connectivity index (χ0) is 18.1. The fourth-order valence-electron chi connectivity index (χ4n) is 2.25. The zero-order valence-electron chi connectivity index (χ0n) is 14.5. The molecule has 0 amide bonds. The average Bonchev–Trinajstić information content (AvgIpc) is 2.61. The summed E-state index contributed by atoms with van der Waals surface area (Å²) < 4.78 is 15.6. The minimum Gasteiger partial charge on any atom is -0.460 e. The van der Waals surface area contributed by atoms with Gasteiger partial charge < -0.3 is 14.2 Å². The lowest BCUT2D eigenvalue weighted by atomic mass is 10.1. The molecule has 2 rings (SSSR count). The van der Waals surface area contributed by atoms with Crippen LogP contribution in [0.3, 0.4) is 0 Å². The molecule has 2 aromatic carbocycles. The number of benzene rings is 2. The summed E-state index contributed by atoms with van der Waals surface area (Å²) in [7, 11) is 0. The molecule has 5 nitrogen and oxygen atoms in total. The van der Waals surface area contributed by atoms with Crippen LogP contribution in [-0.2, 0) is 14.2 Å². The molecule has 0 aliphatic heterocycles. The highest BCUT2D eigenvalue weighted by atomic mass is 16.6. The molecule has 0 atom stereocenters. The maximum absolute atomic E-state index is 11.9. The van der Waals surface area contributed by atoms with E-state index in [1.165, 1.54) is 0 Å². The third-order valence-electron chi connectivity index (χ3n) is 3.65. The standard InChI is InChI=1S/C20H22O5/c1-15-7-3-5-9-17(15)19(21)24-13-11-23-12-14-25-20(22)18-10-6-4-8-16(18)2/h3-10H,11-14H2,1-2H3. The predicted molar refractivity (Wildman–Crippen MR) is 93.7 cm³/mol. The van der Waals surface area contributed by atoms with Gasteiger partial charge in [-0.05, 0) is 37.1 Å². The Morgan fingerprint density at radius 2 is 1.08 bits per heavy atom. The largest absolute Gasteiger partial charge is 0.460 e. The van der Waals surface area contributed by atoms with E-state index < -0.39 is 0 Å². The molecule has 0 spiro atoms. The van der Waals surface area contributed by atoms with Crippen LogP contribution in [0.1, 0.15) is 31.8 Å². The lowest BCUT2D eigenvalue weighted by molar-refractivity contribution is 0.0150. The summed E-state index contributed by atoms with van der Waals surface area (Å²) in [5, 5.41) is 0. The number of aryl methyl sites for hydroxylation is 2. The van der Waals surface area contributed by atoms with E-state index in [-0.39, 0.29) is 38.4 Å². The molecule has 0 heterocycles. The van der Waals surface area contributed by atoms with Gasteiger partial charge >= 0.3 is 11.9 Å². The monoisotopic (exact) mass is 342 g/mol. The second-order valence-corrected chi connectivity index (χ2v) is 5.51. The number of ether oxygens (including phenoxy) is 3. The molecule has 0 unspecified atom stereocenters. The third-order valence-corrected chi connectivity index (χ3v) is 3.65. The Hall–Kier alpha value is -2.66. The second kappa shape index (κ2) is 9.59. The Bertz CT molecular complexity index is 662. The Balaban J connectivity index is 1.60. The number of carbonyl (C=O) groups is 2. The summed E-state index contributed by atoms with van der Waals surface area (Å²) in [5.74, 6) is -0.736. The fourth-order valence-corrected chi connectivity index (χ4v) is 2.25. The summed E-state index contributed by atoms with van der Waals surface area (Å²) in [6.45, 7) is 4.52. The topological polar surface area (TPSA) is 61.8 Å². The van der Waals surface area contributed by atoms with Crippen LogP contribution < -0.4 is 0 Å². The first-order valence-corrected chi connectivity index (χ1v) is 8.13. The maximum atomic E-state index is 11.9. The third kappa shape index (κ3) is 5.72. The van der Waals surface area contributed by atoms with Crippen molar-refractivity contribution in [2.45, 2.75) is 13.8 Å². The molecule has 0 N–H and O–H groups in total. The molecule has 5 heteroatoms. The summed E-state index contributed by atoms with van der Waals surface area (Å²) in [4.78, 5) is 23.8. The summed E-state index contributed by atoms with van der Waals surface area (Å²) in [6.07, 6.45) is 0. The van der Waals surface area contributed by atoms with Gasteiger partial charge in [-0.2, -0.15) is 0 Å². The van der Waals surface area contributed by atoms with E-state index in [4.69, 9.17) is 14.2 Å². The normalized spacial score (nSPS) is 10.3. The molecule has 0 aliphatic carbocycles. The molecule has 0 saturated heterocycles. The van der Waals surface area contributed by atoms with E-state index >= 15 is 0 Å². The molecule has 132 valence electrons. The van der Waals surface area contributed by atoms with Crippen molar-refractivity contribution < 1.29 is 23.8 Å². The minimum absolute atomic E-state index is 0.152. The SMILES string of the molecule is Cc1ccccc1C(=O)OCCOCCOC(=O)c1ccccc1C. The molecule has 25 heavy (non-hydrogen) atoms. The fraction of sp³-hybridized carbons (Fsp3) is 0.300. The van der Waals surface area contributed by atoms with Gasteiger partial charge in [-0.1, -0.05) is 36.4 Å². The van der Waals surface area contributed by atoms with Crippen LogP contribution in [0.5, 0.6) is 0 Å². The van der Waals surface area contributed by atoms with Crippen molar-refractivity contribution in [3.8, 4) is 0 Å². The first kappa shape index (κ1) is 18.7. The van der Waals surface area contributed by atoms with Crippen LogP contribution >= 0.6 is 0 Å². The Kier molecular flexibility index (Phi) is 7.16. The minimum atomic E-state index is -0.368. The molecule has 0 fully saturated rings. The van der Waals surface area contributed by atoms with E-state index in [1.54, 1.807) is 24.3 Å². The van der Waals surface area contributed by atoms with Gasteiger partial charge in [-0.25, -0.2) is 9.59 Å². The maximum Gasteiger partial charge on any atom is 0.338 e. The summed E-state index contributed by atoms with van der Waals surface area (Å²) in [5.41, 5.74) is 2.84. The van der Waals surface area contributed by atoms with E-state index in [9.17, 15) is 9.59 Å². The molecule has 0 saturated carbocycles. The van der Waals surface area contributed by atoms with Crippen LogP contribution in [0.4, 0.5) is 0 Å². The van der Waals surface area contributed by atoms with Crippen LogP contribution in [0, 0.1) is 13.8 Å². The van der Waals surface area contributed by atoms with Crippen molar-refractivity contribution in [2.75, 3.05) is 26.4 Å². The van der Waals surface area contributed by atoms with Gasteiger partial charge in [0.2, 0.25) is 0 Å². The van der Waals surface area contributed by atoms with Crippen molar-refractivity contribution in [3.05, 3.63) is 70.8 Å². The highest BCUT2D eigenvalue weighted by molar-refractivity contribution is 5.91. The van der Waals surface area contributed by atoms with Crippen molar-refractivity contribution in [1.29, 1.82) is 0 Å². The smallest absolute Gasteiger partial charge is 0.338 e. The lowest BCUT2D eigenvalue weighted by Crippen LogP contribution is -2.15. The predicted octanol–water partition coefficient (Wildman–Crippen LogP) is 3.33. The van der Waals surface area contributed by atoms with Crippen LogP contribution in [0.2, 0.25) is 0 Å². The van der Waals surface area contributed by atoms with Crippen LogP contribution in [0.25, 0.3) is 0 Å². The van der Waals surface area contributed by atoms with E-state index in [0.29, 0.717) is 11.1 Å². The molecule has 0 bridgehead atoms. The molecular formula is C20H22O5. The van der Waals surface area contributed by atoms with Crippen LogP contribution in [-0.4, -0.2) is 38.4 Å². The Morgan fingerprint density at radius 3 is 1.48 bits per heavy atom. The number of hydrogen-bond donors (Lipinski definition) is 0. The number of esters is 2. The van der Waals surface area contributed by atoms with Gasteiger partial charge in [-0.3, -0.25) is 0 Å². The van der Waals surface area contributed by atoms with Gasteiger partial charge in [0.25, 0.3) is 0 Å². The zero-order valence-corrected chi connectivity index (χ0v) is 14.5. The van der Waals surface area contributed by atoms with E-state index in [2.05, 4.69) is 0 Å². The second-order valence-electron chi connectivity index (χ2n) is 5.51. The van der Waals surface area contributed by atoms with E-state index in [1.807, 2.05) is 38.1 Å². The van der Waals surface area contributed by atoms with Crippen molar-refractivity contribution in [2.24, 2.45) is 0 Å². The van der Waals surface area contributed by atoms with Gasteiger partial charge in [0.05, 0.1) is 24.3 Å². The number of carbonyl (C=O) groups excluding carboxylic acids is 2. The van der Waals surface area contributed by atoms with Gasteiger partial charge in [-0.15, -0.1) is 0 Å². The van der Waals surface area contributed by atoms with Crippen molar-refractivity contribution >= 4 is 11.9 Å². The first-order chi connectivity index (χ1) is 12.1. The Morgan fingerprint density at radius 1 is 0.680 bits per heavy atom. The summed E-state index contributed by atoms with van der Waals surface area (Å²) >= 11 is 0. The van der Waals surface area contributed by atoms with Gasteiger partial charge in [0.15, 0.2) is 0 Å². The van der Waals surface area contributed by atoms with E-state index in [0.717, 1.165) is 11.1 Å². The van der Waals surface area contributed by atoms with Gasteiger partial charge in [0, 0.05) is 0 Å². The molecule has 0 radical (unpaired) electrons. The molecule has 2 aromatic rings. The molecule has 0 aliphatic rings. The number of rotatable bonds is 8.